The molecule has 0 amide bonds. The number of carboxylic acid groups (broad SMARTS) is 1. The largest absolute Gasteiger partial charge is 0.478 e. The quantitative estimate of drug-likeness (QED) is 0.917. The number of aromatic nitrogens is 3. The number of hydrogen-bond acceptors (Lipinski definition) is 4. The van der Waals surface area contributed by atoms with Crippen LogP contribution in [0.3, 0.4) is 0 Å². The summed E-state index contributed by atoms with van der Waals surface area (Å²) in [6, 6.07) is 7.30. The number of carboxylic acids is 1. The maximum absolute atomic E-state index is 11.0. The van der Waals surface area contributed by atoms with Gasteiger partial charge in [0, 0.05) is 13.1 Å². The van der Waals surface area contributed by atoms with E-state index in [0.717, 1.165) is 44.8 Å². The van der Waals surface area contributed by atoms with Gasteiger partial charge < -0.3 is 9.67 Å². The fraction of sp³-hybridized carbons (Fsp3) is 0.471. The van der Waals surface area contributed by atoms with Gasteiger partial charge in [0.05, 0.1) is 12.1 Å². The van der Waals surface area contributed by atoms with E-state index in [1.807, 2.05) is 12.1 Å². The molecule has 1 N–H and O–H groups in total. The van der Waals surface area contributed by atoms with Crippen molar-refractivity contribution in [1.29, 1.82) is 0 Å². The topological polar surface area (TPSA) is 71.2 Å². The van der Waals surface area contributed by atoms with Crippen LogP contribution in [0.25, 0.3) is 0 Å². The molecule has 23 heavy (non-hydrogen) atoms. The van der Waals surface area contributed by atoms with E-state index in [1.165, 1.54) is 5.56 Å². The van der Waals surface area contributed by atoms with E-state index in [9.17, 15) is 4.79 Å². The molecule has 6 nitrogen and oxygen atoms in total. The minimum atomic E-state index is -0.874. The standard InChI is InChI=1S/C17H22N4O2/c1-2-21-12-18-19-16(21)11-20-9-3-4-15(10-20)13-5-7-14(8-6-13)17(22)23/h5-8,12,15H,2-4,9-11H2,1H3,(H,22,23)/t15-/m0/s1. The maximum atomic E-state index is 11.0. The van der Waals surface area contributed by atoms with Crippen molar-refractivity contribution >= 4 is 5.97 Å². The fourth-order valence-corrected chi connectivity index (χ4v) is 3.23. The Morgan fingerprint density at radius 2 is 2.13 bits per heavy atom. The monoisotopic (exact) mass is 314 g/mol. The van der Waals surface area contributed by atoms with Gasteiger partial charge in [-0.05, 0) is 49.9 Å². The van der Waals surface area contributed by atoms with Gasteiger partial charge in [-0.15, -0.1) is 10.2 Å². The van der Waals surface area contributed by atoms with E-state index in [4.69, 9.17) is 5.11 Å². The van der Waals surface area contributed by atoms with Crippen LogP contribution in [0, 0.1) is 0 Å². The Hall–Kier alpha value is -2.21. The molecule has 1 aliphatic heterocycles. The Balaban J connectivity index is 1.67. The minimum absolute atomic E-state index is 0.345. The number of piperidine rings is 1. The van der Waals surface area contributed by atoms with Gasteiger partial charge in [0.1, 0.15) is 12.2 Å². The summed E-state index contributed by atoms with van der Waals surface area (Å²) in [6.45, 7) is 5.84. The molecule has 1 aliphatic rings. The molecule has 2 heterocycles. The van der Waals surface area contributed by atoms with E-state index in [2.05, 4.69) is 26.6 Å². The molecule has 0 unspecified atom stereocenters. The van der Waals surface area contributed by atoms with Crippen LogP contribution in [0.5, 0.6) is 0 Å². The zero-order valence-electron chi connectivity index (χ0n) is 13.4. The molecule has 0 aliphatic carbocycles. The van der Waals surface area contributed by atoms with Crippen molar-refractivity contribution in [2.24, 2.45) is 0 Å². The maximum Gasteiger partial charge on any atom is 0.335 e. The van der Waals surface area contributed by atoms with Crippen molar-refractivity contribution in [3.05, 3.63) is 47.5 Å². The average molecular weight is 314 g/mol. The summed E-state index contributed by atoms with van der Waals surface area (Å²) in [5, 5.41) is 17.2. The third kappa shape index (κ3) is 3.59. The summed E-state index contributed by atoms with van der Waals surface area (Å²) in [7, 11) is 0. The first-order valence-corrected chi connectivity index (χ1v) is 8.09. The number of likely N-dealkylation sites (tertiary alicyclic amines) is 1. The second-order valence-electron chi connectivity index (χ2n) is 6.03. The molecule has 0 spiro atoms. The highest BCUT2D eigenvalue weighted by molar-refractivity contribution is 5.87. The highest BCUT2D eigenvalue weighted by atomic mass is 16.4. The lowest BCUT2D eigenvalue weighted by Gasteiger charge is -2.32. The van der Waals surface area contributed by atoms with Crippen LogP contribution < -0.4 is 0 Å². The van der Waals surface area contributed by atoms with Crippen LogP contribution in [0.4, 0.5) is 0 Å². The summed E-state index contributed by atoms with van der Waals surface area (Å²) in [4.78, 5) is 13.4. The Morgan fingerprint density at radius 3 is 2.83 bits per heavy atom. The molecule has 122 valence electrons. The first-order chi connectivity index (χ1) is 11.2. The van der Waals surface area contributed by atoms with Gasteiger partial charge in [0.25, 0.3) is 0 Å². The molecule has 0 radical (unpaired) electrons. The SMILES string of the molecule is CCn1cnnc1CN1CCC[C@H](c2ccc(C(=O)O)cc2)C1. The normalized spacial score (nSPS) is 18.9. The number of aromatic carboxylic acids is 1. The fourth-order valence-electron chi connectivity index (χ4n) is 3.23. The van der Waals surface area contributed by atoms with Gasteiger partial charge in [-0.1, -0.05) is 12.1 Å². The number of carbonyl (C=O) groups is 1. The lowest BCUT2D eigenvalue weighted by Crippen LogP contribution is -2.34. The summed E-state index contributed by atoms with van der Waals surface area (Å²) >= 11 is 0. The Kier molecular flexibility index (Phi) is 4.71. The predicted molar refractivity (Wildman–Crippen MR) is 86.3 cm³/mol. The van der Waals surface area contributed by atoms with Crippen LogP contribution in [-0.4, -0.2) is 43.8 Å². The van der Waals surface area contributed by atoms with Crippen molar-refractivity contribution in [2.75, 3.05) is 13.1 Å². The minimum Gasteiger partial charge on any atom is -0.478 e. The Bertz CT molecular complexity index is 665. The molecule has 3 rings (SSSR count). The molecule has 0 bridgehead atoms. The van der Waals surface area contributed by atoms with Gasteiger partial charge in [-0.2, -0.15) is 0 Å². The summed E-state index contributed by atoms with van der Waals surface area (Å²) < 4.78 is 2.07. The first-order valence-electron chi connectivity index (χ1n) is 8.09. The number of benzene rings is 1. The van der Waals surface area contributed by atoms with Crippen molar-refractivity contribution in [3.63, 3.8) is 0 Å². The van der Waals surface area contributed by atoms with Crippen LogP contribution in [0.2, 0.25) is 0 Å². The van der Waals surface area contributed by atoms with E-state index in [1.54, 1.807) is 18.5 Å². The highest BCUT2D eigenvalue weighted by Crippen LogP contribution is 2.27. The summed E-state index contributed by atoms with van der Waals surface area (Å²) in [5.41, 5.74) is 1.56. The predicted octanol–water partition coefficient (Wildman–Crippen LogP) is 2.38. The molecule has 6 heteroatoms. The molecular formula is C17H22N4O2. The molecule has 2 aromatic rings. The van der Waals surface area contributed by atoms with Crippen LogP contribution in [0.1, 0.15) is 47.4 Å². The van der Waals surface area contributed by atoms with Gasteiger partial charge in [0.15, 0.2) is 0 Å². The molecule has 0 saturated carbocycles. The Morgan fingerprint density at radius 1 is 1.35 bits per heavy atom. The second kappa shape index (κ2) is 6.91. The van der Waals surface area contributed by atoms with Gasteiger partial charge in [-0.3, -0.25) is 4.90 Å². The molecule has 1 aromatic heterocycles. The van der Waals surface area contributed by atoms with E-state index >= 15 is 0 Å². The summed E-state index contributed by atoms with van der Waals surface area (Å²) in [5.74, 6) is 0.583. The van der Waals surface area contributed by atoms with Crippen LogP contribution >= 0.6 is 0 Å². The van der Waals surface area contributed by atoms with Gasteiger partial charge in [0.2, 0.25) is 0 Å². The smallest absolute Gasteiger partial charge is 0.335 e. The average Bonchev–Trinajstić information content (AvgIpc) is 3.02. The number of hydrogen-bond donors (Lipinski definition) is 1. The zero-order valence-corrected chi connectivity index (χ0v) is 13.4. The summed E-state index contributed by atoms with van der Waals surface area (Å²) in [6.07, 6.45) is 4.07. The molecule has 1 aromatic carbocycles. The van der Waals surface area contributed by atoms with Gasteiger partial charge >= 0.3 is 5.97 Å². The lowest BCUT2D eigenvalue weighted by atomic mass is 9.90. The zero-order chi connectivity index (χ0) is 16.2. The molecule has 1 saturated heterocycles. The van der Waals surface area contributed by atoms with Crippen molar-refractivity contribution in [2.45, 2.75) is 38.8 Å². The number of nitrogens with zero attached hydrogens (tertiary/aromatic N) is 4. The van der Waals surface area contributed by atoms with E-state index in [0.29, 0.717) is 11.5 Å². The van der Waals surface area contributed by atoms with Crippen molar-refractivity contribution in [1.82, 2.24) is 19.7 Å². The lowest BCUT2D eigenvalue weighted by molar-refractivity contribution is 0.0697. The van der Waals surface area contributed by atoms with Crippen molar-refractivity contribution in [3.8, 4) is 0 Å². The van der Waals surface area contributed by atoms with Crippen molar-refractivity contribution < 1.29 is 9.90 Å². The number of rotatable bonds is 5. The van der Waals surface area contributed by atoms with Crippen LogP contribution in [-0.2, 0) is 13.1 Å². The number of aryl methyl sites for hydroxylation is 1. The van der Waals surface area contributed by atoms with Crippen LogP contribution in [0.15, 0.2) is 30.6 Å². The second-order valence-corrected chi connectivity index (χ2v) is 6.03. The van der Waals surface area contributed by atoms with Gasteiger partial charge in [-0.25, -0.2) is 4.79 Å². The van der Waals surface area contributed by atoms with E-state index in [-0.39, 0.29) is 0 Å². The third-order valence-electron chi connectivity index (χ3n) is 4.54. The molecular weight excluding hydrogens is 292 g/mol. The third-order valence-corrected chi connectivity index (χ3v) is 4.54. The highest BCUT2D eigenvalue weighted by Gasteiger charge is 2.22. The molecule has 1 fully saturated rings. The van der Waals surface area contributed by atoms with E-state index < -0.39 is 5.97 Å². The Labute approximate surface area is 135 Å². The molecule has 1 atom stereocenters. The first kappa shape index (κ1) is 15.7.